The van der Waals surface area contributed by atoms with Gasteiger partial charge >= 0.3 is 0 Å². The molecule has 0 unspecified atom stereocenters. The van der Waals surface area contributed by atoms with Crippen molar-refractivity contribution < 1.29 is 4.79 Å². The first-order chi connectivity index (χ1) is 7.70. The van der Waals surface area contributed by atoms with Gasteiger partial charge in [-0.15, -0.1) is 0 Å². The zero-order valence-electron chi connectivity index (χ0n) is 10.2. The van der Waals surface area contributed by atoms with Crippen LogP contribution in [0.3, 0.4) is 0 Å². The number of carbonyl (C=O) groups excluding carboxylic acids is 1. The van der Waals surface area contributed by atoms with Gasteiger partial charge in [0.1, 0.15) is 5.54 Å². The zero-order chi connectivity index (χ0) is 11.6. The lowest BCUT2D eigenvalue weighted by molar-refractivity contribution is -0.124. The van der Waals surface area contributed by atoms with Gasteiger partial charge in [0.25, 0.3) is 5.91 Å². The first-order valence-corrected chi connectivity index (χ1v) is 6.37. The molecular weight excluding hydrogens is 202 g/mol. The summed E-state index contributed by atoms with van der Waals surface area (Å²) in [5.74, 6) is 0.810. The van der Waals surface area contributed by atoms with Crippen molar-refractivity contribution in [2.75, 3.05) is 0 Å². The van der Waals surface area contributed by atoms with E-state index in [0.717, 1.165) is 38.5 Å². The van der Waals surface area contributed by atoms with Crippen molar-refractivity contribution in [3.63, 3.8) is 0 Å². The van der Waals surface area contributed by atoms with Crippen LogP contribution < -0.4 is 10.6 Å². The molecule has 1 saturated carbocycles. The predicted octanol–water partition coefficient (Wildman–Crippen LogP) is 1.56. The van der Waals surface area contributed by atoms with Gasteiger partial charge in [-0.1, -0.05) is 26.7 Å². The van der Waals surface area contributed by atoms with Gasteiger partial charge in [-0.05, 0) is 25.7 Å². The smallest absolute Gasteiger partial charge is 0.252 e. The van der Waals surface area contributed by atoms with Crippen LogP contribution in [-0.4, -0.2) is 23.4 Å². The second-order valence-corrected chi connectivity index (χ2v) is 4.87. The number of hydrogen-bond donors (Lipinski definition) is 2. The Labute approximate surface area is 96.9 Å². The van der Waals surface area contributed by atoms with E-state index in [4.69, 9.17) is 0 Å². The van der Waals surface area contributed by atoms with E-state index in [1.807, 2.05) is 0 Å². The van der Waals surface area contributed by atoms with E-state index in [2.05, 4.69) is 29.5 Å². The van der Waals surface area contributed by atoms with Crippen LogP contribution in [0.1, 0.15) is 52.4 Å². The molecule has 1 saturated heterocycles. The maximum atomic E-state index is 12.0. The van der Waals surface area contributed by atoms with Gasteiger partial charge in [0, 0.05) is 0 Å². The molecule has 0 spiro atoms. The summed E-state index contributed by atoms with van der Waals surface area (Å²) >= 11 is 0. The third-order valence-corrected chi connectivity index (χ3v) is 3.24. The average molecular weight is 223 g/mol. The van der Waals surface area contributed by atoms with Gasteiger partial charge in [-0.25, -0.2) is 4.99 Å². The lowest BCUT2D eigenvalue weighted by Crippen LogP contribution is -2.46. The highest BCUT2D eigenvalue weighted by molar-refractivity contribution is 6.09. The molecule has 2 fully saturated rings. The Hall–Kier alpha value is -1.06. The number of carbonyl (C=O) groups is 1. The van der Waals surface area contributed by atoms with Crippen LogP contribution in [0.15, 0.2) is 4.99 Å². The maximum absolute atomic E-state index is 12.0. The lowest BCUT2D eigenvalue weighted by atomic mass is 9.89. The van der Waals surface area contributed by atoms with E-state index in [0.29, 0.717) is 12.0 Å². The molecule has 1 aliphatic carbocycles. The lowest BCUT2D eigenvalue weighted by Gasteiger charge is -2.25. The molecule has 90 valence electrons. The van der Waals surface area contributed by atoms with Gasteiger partial charge in [-0.3, -0.25) is 10.1 Å². The molecule has 1 amide bonds. The van der Waals surface area contributed by atoms with Crippen molar-refractivity contribution in [3.05, 3.63) is 0 Å². The first-order valence-electron chi connectivity index (χ1n) is 6.37. The third kappa shape index (κ3) is 2.20. The minimum absolute atomic E-state index is 0.107. The van der Waals surface area contributed by atoms with Crippen LogP contribution in [0.5, 0.6) is 0 Å². The fourth-order valence-corrected chi connectivity index (χ4v) is 2.32. The fourth-order valence-electron chi connectivity index (χ4n) is 2.32. The van der Waals surface area contributed by atoms with Crippen molar-refractivity contribution in [3.8, 4) is 0 Å². The molecule has 16 heavy (non-hydrogen) atoms. The SMILES string of the molecule is CCCC1(CCC)NC(=NC2CC2)NC1=O. The molecule has 1 aliphatic heterocycles. The Balaban J connectivity index is 2.09. The summed E-state index contributed by atoms with van der Waals surface area (Å²) in [7, 11) is 0. The van der Waals surface area contributed by atoms with Gasteiger partial charge in [0.15, 0.2) is 5.96 Å². The maximum Gasteiger partial charge on any atom is 0.252 e. The third-order valence-electron chi connectivity index (χ3n) is 3.24. The number of nitrogens with zero attached hydrogens (tertiary/aromatic N) is 1. The number of nitrogens with one attached hydrogen (secondary N) is 2. The van der Waals surface area contributed by atoms with Crippen molar-refractivity contribution in [1.82, 2.24) is 10.6 Å². The second kappa shape index (κ2) is 4.44. The molecule has 4 nitrogen and oxygen atoms in total. The molecule has 2 N–H and O–H groups in total. The molecule has 0 aromatic heterocycles. The molecule has 0 radical (unpaired) electrons. The van der Waals surface area contributed by atoms with Crippen molar-refractivity contribution in [2.45, 2.75) is 64.0 Å². The van der Waals surface area contributed by atoms with Crippen LogP contribution in [0.4, 0.5) is 0 Å². The minimum atomic E-state index is -0.392. The molecular formula is C12H21N3O. The first kappa shape index (κ1) is 11.4. The Kier molecular flexibility index (Phi) is 3.17. The summed E-state index contributed by atoms with van der Waals surface area (Å²) in [6.07, 6.45) is 6.12. The highest BCUT2D eigenvalue weighted by Crippen LogP contribution is 2.26. The summed E-state index contributed by atoms with van der Waals surface area (Å²) in [4.78, 5) is 16.5. The number of amides is 1. The Bertz CT molecular complexity index is 301. The van der Waals surface area contributed by atoms with Crippen LogP contribution in [0.25, 0.3) is 0 Å². The Morgan fingerprint density at radius 1 is 1.31 bits per heavy atom. The van der Waals surface area contributed by atoms with E-state index >= 15 is 0 Å². The molecule has 0 aromatic rings. The number of guanidine groups is 1. The van der Waals surface area contributed by atoms with E-state index < -0.39 is 5.54 Å². The topological polar surface area (TPSA) is 53.5 Å². The Morgan fingerprint density at radius 3 is 2.44 bits per heavy atom. The minimum Gasteiger partial charge on any atom is -0.342 e. The number of rotatable bonds is 5. The highest BCUT2D eigenvalue weighted by atomic mass is 16.2. The predicted molar refractivity (Wildman–Crippen MR) is 64.3 cm³/mol. The van der Waals surface area contributed by atoms with Gasteiger partial charge < -0.3 is 5.32 Å². The van der Waals surface area contributed by atoms with Gasteiger partial charge in [0.05, 0.1) is 6.04 Å². The molecule has 2 rings (SSSR count). The largest absolute Gasteiger partial charge is 0.342 e. The standard InChI is InChI=1S/C12H21N3O/c1-3-7-12(8-4-2)10(16)14-11(15-12)13-9-5-6-9/h9H,3-8H2,1-2H3,(H2,13,14,15,16). The van der Waals surface area contributed by atoms with Crippen LogP contribution in [-0.2, 0) is 4.79 Å². The molecule has 0 bridgehead atoms. The molecule has 0 aromatic carbocycles. The van der Waals surface area contributed by atoms with Crippen LogP contribution >= 0.6 is 0 Å². The summed E-state index contributed by atoms with van der Waals surface area (Å²) < 4.78 is 0. The highest BCUT2D eigenvalue weighted by Gasteiger charge is 2.43. The number of hydrogen-bond acceptors (Lipinski definition) is 2. The summed E-state index contributed by atoms with van der Waals surface area (Å²) in [5.41, 5.74) is -0.392. The van der Waals surface area contributed by atoms with E-state index in [1.54, 1.807) is 0 Å². The van der Waals surface area contributed by atoms with Crippen molar-refractivity contribution >= 4 is 11.9 Å². The van der Waals surface area contributed by atoms with Gasteiger partial charge in [0.2, 0.25) is 0 Å². The Morgan fingerprint density at radius 2 is 1.94 bits per heavy atom. The fraction of sp³-hybridized carbons (Fsp3) is 0.833. The second-order valence-electron chi connectivity index (χ2n) is 4.87. The van der Waals surface area contributed by atoms with Gasteiger partial charge in [-0.2, -0.15) is 0 Å². The number of aliphatic imine (C=N–C) groups is 1. The summed E-state index contributed by atoms with van der Waals surface area (Å²) in [5, 5.41) is 6.20. The van der Waals surface area contributed by atoms with E-state index in [-0.39, 0.29) is 5.91 Å². The van der Waals surface area contributed by atoms with E-state index in [9.17, 15) is 4.79 Å². The van der Waals surface area contributed by atoms with Crippen molar-refractivity contribution in [1.29, 1.82) is 0 Å². The summed E-state index contributed by atoms with van der Waals surface area (Å²) in [6, 6.07) is 0.446. The monoisotopic (exact) mass is 223 g/mol. The average Bonchev–Trinajstić information content (AvgIpc) is 2.96. The molecule has 1 heterocycles. The molecule has 4 heteroatoms. The molecule has 0 atom stereocenters. The quantitative estimate of drug-likeness (QED) is 0.743. The van der Waals surface area contributed by atoms with E-state index in [1.165, 1.54) is 0 Å². The molecule has 2 aliphatic rings. The van der Waals surface area contributed by atoms with Crippen molar-refractivity contribution in [2.24, 2.45) is 4.99 Å². The van der Waals surface area contributed by atoms with Crippen LogP contribution in [0.2, 0.25) is 0 Å². The summed E-state index contributed by atoms with van der Waals surface area (Å²) in [6.45, 7) is 4.23. The van der Waals surface area contributed by atoms with Crippen LogP contribution in [0, 0.1) is 0 Å². The zero-order valence-corrected chi connectivity index (χ0v) is 10.2. The normalized spacial score (nSPS) is 25.6.